The summed E-state index contributed by atoms with van der Waals surface area (Å²) in [7, 11) is -0.0295. The van der Waals surface area contributed by atoms with Gasteiger partial charge in [-0.2, -0.15) is 0 Å². The molecule has 0 saturated heterocycles. The molecule has 0 aliphatic heterocycles. The number of alkyl halides is 1. The molecule has 0 aromatic carbocycles. The lowest BCUT2D eigenvalue weighted by molar-refractivity contribution is 0.0835. The zero-order valence-corrected chi connectivity index (χ0v) is 17.1. The summed E-state index contributed by atoms with van der Waals surface area (Å²) in [5, 5.41) is 0.883. The third kappa shape index (κ3) is 5.28. The van der Waals surface area contributed by atoms with Gasteiger partial charge in [-0.3, -0.25) is 0 Å². The van der Waals surface area contributed by atoms with Gasteiger partial charge in [-0.15, -0.1) is 0 Å². The smallest absolute Gasteiger partial charge is 0.200 e. The Morgan fingerprint density at radius 2 is 1.50 bits per heavy atom. The zero-order valence-electron chi connectivity index (χ0n) is 14.5. The van der Waals surface area contributed by atoms with Crippen LogP contribution in [0.3, 0.4) is 0 Å². The number of hydrogen-bond donors (Lipinski definition) is 0. The Morgan fingerprint density at radius 1 is 1.05 bits per heavy atom. The van der Waals surface area contributed by atoms with Gasteiger partial charge in [0.25, 0.3) is 0 Å². The molecule has 2 nitrogen and oxygen atoms in total. The predicted octanol–water partition coefficient (Wildman–Crippen LogP) is 5.53. The summed E-state index contributed by atoms with van der Waals surface area (Å²) in [5.74, 6) is 0. The Morgan fingerprint density at radius 3 is 1.80 bits per heavy atom. The molecular weight excluding hydrogens is 332 g/mol. The van der Waals surface area contributed by atoms with Crippen molar-refractivity contribution in [2.45, 2.75) is 71.2 Å². The molecule has 120 valence electrons. The lowest BCUT2D eigenvalue weighted by atomic mass is 10.2. The Bertz CT molecular complexity index is 279. The molecule has 0 aliphatic carbocycles. The third-order valence-electron chi connectivity index (χ3n) is 4.19. The SMILES string of the molecule is CO[C@@H](/C=C(\C)CBr)CO[Si](C(C)C)(C(C)C)C(C)C. The van der Waals surface area contributed by atoms with Gasteiger partial charge in [-0.1, -0.05) is 69.1 Å². The van der Waals surface area contributed by atoms with Crippen LogP contribution >= 0.6 is 15.9 Å². The van der Waals surface area contributed by atoms with E-state index in [2.05, 4.69) is 70.5 Å². The minimum absolute atomic E-state index is 0.0516. The van der Waals surface area contributed by atoms with Crippen LogP contribution in [0.2, 0.25) is 16.6 Å². The van der Waals surface area contributed by atoms with Crippen molar-refractivity contribution in [3.8, 4) is 0 Å². The van der Waals surface area contributed by atoms with Crippen LogP contribution in [0.5, 0.6) is 0 Å². The minimum atomic E-state index is -1.79. The van der Waals surface area contributed by atoms with E-state index in [9.17, 15) is 0 Å². The highest BCUT2D eigenvalue weighted by Gasteiger charge is 2.45. The molecule has 0 saturated carbocycles. The topological polar surface area (TPSA) is 18.5 Å². The van der Waals surface area contributed by atoms with Gasteiger partial charge in [0, 0.05) is 12.4 Å². The Labute approximate surface area is 135 Å². The Hall–Kier alpha value is 0.357. The van der Waals surface area contributed by atoms with Gasteiger partial charge in [0.15, 0.2) is 8.32 Å². The molecule has 0 amide bonds. The maximum atomic E-state index is 6.57. The van der Waals surface area contributed by atoms with Crippen molar-refractivity contribution in [2.75, 3.05) is 19.0 Å². The first-order valence-corrected chi connectivity index (χ1v) is 10.9. The first-order chi connectivity index (χ1) is 9.22. The summed E-state index contributed by atoms with van der Waals surface area (Å²) in [6.07, 6.45) is 2.21. The first kappa shape index (κ1) is 20.4. The highest BCUT2D eigenvalue weighted by atomic mass is 79.9. The lowest BCUT2D eigenvalue weighted by Crippen LogP contribution is -2.49. The van der Waals surface area contributed by atoms with E-state index in [1.165, 1.54) is 5.57 Å². The quantitative estimate of drug-likeness (QED) is 0.304. The van der Waals surface area contributed by atoms with Gasteiger partial charge in [0.2, 0.25) is 0 Å². The molecular formula is C16H33BrO2Si. The Kier molecular flexibility index (Phi) is 9.56. The van der Waals surface area contributed by atoms with Crippen LogP contribution in [0.1, 0.15) is 48.5 Å². The molecule has 0 radical (unpaired) electrons. The molecule has 0 spiro atoms. The van der Waals surface area contributed by atoms with Gasteiger partial charge >= 0.3 is 0 Å². The van der Waals surface area contributed by atoms with Gasteiger partial charge in [0.1, 0.15) is 0 Å². The number of hydrogen-bond acceptors (Lipinski definition) is 2. The number of rotatable bonds is 9. The molecule has 0 aromatic rings. The number of methoxy groups -OCH3 is 1. The van der Waals surface area contributed by atoms with Crippen LogP contribution in [-0.2, 0) is 9.16 Å². The fourth-order valence-corrected chi connectivity index (χ4v) is 8.91. The van der Waals surface area contributed by atoms with Crippen LogP contribution in [0.4, 0.5) is 0 Å². The lowest BCUT2D eigenvalue weighted by Gasteiger charge is -2.42. The number of allylic oxidation sites excluding steroid dienone is 1. The average molecular weight is 365 g/mol. The fourth-order valence-electron chi connectivity index (χ4n) is 3.27. The van der Waals surface area contributed by atoms with Crippen molar-refractivity contribution in [3.63, 3.8) is 0 Å². The molecule has 20 heavy (non-hydrogen) atoms. The van der Waals surface area contributed by atoms with Gasteiger partial charge in [0.05, 0.1) is 12.7 Å². The molecule has 1 atom stereocenters. The molecule has 0 rings (SSSR count). The summed E-state index contributed by atoms with van der Waals surface area (Å²) in [6.45, 7) is 16.7. The van der Waals surface area contributed by atoms with Crippen molar-refractivity contribution in [1.82, 2.24) is 0 Å². The summed E-state index contributed by atoms with van der Waals surface area (Å²) in [5.41, 5.74) is 3.12. The summed E-state index contributed by atoms with van der Waals surface area (Å²) in [4.78, 5) is 0. The first-order valence-electron chi connectivity index (χ1n) is 7.62. The highest BCUT2D eigenvalue weighted by Crippen LogP contribution is 2.42. The van der Waals surface area contributed by atoms with E-state index in [1.807, 2.05) is 0 Å². The maximum Gasteiger partial charge on any atom is 0.200 e. The fraction of sp³-hybridized carbons (Fsp3) is 0.875. The average Bonchev–Trinajstić information content (AvgIpc) is 2.36. The summed E-state index contributed by atoms with van der Waals surface area (Å²) >= 11 is 3.48. The summed E-state index contributed by atoms with van der Waals surface area (Å²) < 4.78 is 12.1. The number of halogens is 1. The molecule has 0 aromatic heterocycles. The van der Waals surface area contributed by atoms with E-state index in [0.717, 1.165) is 5.33 Å². The molecule has 0 fully saturated rings. The number of ether oxygens (including phenoxy) is 1. The van der Waals surface area contributed by atoms with Gasteiger partial charge in [-0.05, 0) is 23.5 Å². The monoisotopic (exact) mass is 364 g/mol. The van der Waals surface area contributed by atoms with Crippen LogP contribution in [0, 0.1) is 0 Å². The molecule has 4 heteroatoms. The normalized spacial score (nSPS) is 15.5. The molecule has 0 aliphatic rings. The van der Waals surface area contributed by atoms with E-state index in [0.29, 0.717) is 23.2 Å². The third-order valence-corrected chi connectivity index (χ3v) is 11.2. The maximum absolute atomic E-state index is 6.57. The largest absolute Gasteiger partial charge is 0.413 e. The zero-order chi connectivity index (χ0) is 15.9. The second-order valence-corrected chi connectivity index (χ2v) is 12.6. The van der Waals surface area contributed by atoms with Crippen LogP contribution in [0.25, 0.3) is 0 Å². The van der Waals surface area contributed by atoms with Crippen LogP contribution in [0.15, 0.2) is 11.6 Å². The van der Waals surface area contributed by atoms with Crippen LogP contribution in [-0.4, -0.2) is 33.5 Å². The van der Waals surface area contributed by atoms with Gasteiger partial charge in [-0.25, -0.2) is 0 Å². The van der Waals surface area contributed by atoms with Crippen molar-refractivity contribution < 1.29 is 9.16 Å². The van der Waals surface area contributed by atoms with Crippen molar-refractivity contribution in [3.05, 3.63) is 11.6 Å². The minimum Gasteiger partial charge on any atom is -0.413 e. The van der Waals surface area contributed by atoms with Crippen molar-refractivity contribution >= 4 is 24.2 Å². The molecule has 0 heterocycles. The van der Waals surface area contributed by atoms with Crippen molar-refractivity contribution in [1.29, 1.82) is 0 Å². The predicted molar refractivity (Wildman–Crippen MR) is 95.3 cm³/mol. The summed E-state index contributed by atoms with van der Waals surface area (Å²) in [6, 6.07) is 0. The Balaban J connectivity index is 5.01. The standard InChI is InChI=1S/C16H33BrO2Si/c1-12(2)20(13(3)4,14(5)6)19-11-16(18-8)9-15(7)10-17/h9,12-14,16H,10-11H2,1-8H3/b15-9+/t16-/m0/s1. The molecule has 0 N–H and O–H groups in total. The van der Waals surface area contributed by atoms with Crippen molar-refractivity contribution in [2.24, 2.45) is 0 Å². The van der Waals surface area contributed by atoms with E-state index in [-0.39, 0.29) is 6.10 Å². The second-order valence-electron chi connectivity index (χ2n) is 6.55. The van der Waals surface area contributed by atoms with E-state index >= 15 is 0 Å². The van der Waals surface area contributed by atoms with E-state index < -0.39 is 8.32 Å². The van der Waals surface area contributed by atoms with E-state index in [4.69, 9.17) is 9.16 Å². The molecule has 0 unspecified atom stereocenters. The second kappa shape index (κ2) is 9.39. The van der Waals surface area contributed by atoms with Gasteiger partial charge < -0.3 is 9.16 Å². The molecule has 0 bridgehead atoms. The highest BCUT2D eigenvalue weighted by molar-refractivity contribution is 9.09. The van der Waals surface area contributed by atoms with E-state index in [1.54, 1.807) is 7.11 Å². The van der Waals surface area contributed by atoms with Crippen LogP contribution < -0.4 is 0 Å².